The lowest BCUT2D eigenvalue weighted by Gasteiger charge is -2.22. The van der Waals surface area contributed by atoms with Crippen molar-refractivity contribution in [1.82, 2.24) is 5.32 Å². The summed E-state index contributed by atoms with van der Waals surface area (Å²) < 4.78 is 5.46. The molecule has 0 aromatic rings. The van der Waals surface area contributed by atoms with Gasteiger partial charge < -0.3 is 20.3 Å². The van der Waals surface area contributed by atoms with Crippen LogP contribution in [-0.2, 0) is 14.3 Å². The number of ether oxygens (including phenoxy) is 1. The molecule has 0 aromatic heterocycles. The fourth-order valence-electron chi connectivity index (χ4n) is 10.7. The average molecular weight is 1070 g/mol. The van der Waals surface area contributed by atoms with E-state index in [1.54, 1.807) is 0 Å². The lowest BCUT2D eigenvalue weighted by molar-refractivity contribution is -0.143. The second kappa shape index (κ2) is 65.6. The van der Waals surface area contributed by atoms with Crippen molar-refractivity contribution in [3.05, 3.63) is 36.5 Å². The zero-order valence-electron chi connectivity index (χ0n) is 51.3. The van der Waals surface area contributed by atoms with E-state index in [0.717, 1.165) is 51.4 Å². The predicted molar refractivity (Wildman–Crippen MR) is 333 cm³/mol. The van der Waals surface area contributed by atoms with Crippen molar-refractivity contribution in [3.63, 3.8) is 0 Å². The molecule has 0 aliphatic carbocycles. The third-order valence-electron chi connectivity index (χ3n) is 15.9. The van der Waals surface area contributed by atoms with E-state index in [1.807, 2.05) is 0 Å². The number of carbonyl (C=O) groups excluding carboxylic acids is 2. The summed E-state index contributed by atoms with van der Waals surface area (Å²) in [6.07, 6.45) is 83.4. The molecule has 1 amide bonds. The van der Waals surface area contributed by atoms with Crippen LogP contribution in [0, 0.1) is 0 Å². The predicted octanol–water partition coefficient (Wildman–Crippen LogP) is 21.9. The number of rotatable bonds is 64. The summed E-state index contributed by atoms with van der Waals surface area (Å²) in [5, 5.41) is 23.3. The van der Waals surface area contributed by atoms with Gasteiger partial charge in [-0.25, -0.2) is 0 Å². The first kappa shape index (κ1) is 74.1. The van der Waals surface area contributed by atoms with E-state index in [2.05, 4.69) is 55.6 Å². The molecular weight excluding hydrogens is 935 g/mol. The maximum absolute atomic E-state index is 12.5. The Hall–Kier alpha value is -1.92. The van der Waals surface area contributed by atoms with Gasteiger partial charge in [0.1, 0.15) is 0 Å². The first-order valence-corrected chi connectivity index (χ1v) is 34.2. The fourth-order valence-corrected chi connectivity index (χ4v) is 10.7. The standard InChI is InChI=1S/C70H133NO5/c1-3-5-7-9-11-13-15-16-36-39-43-46-50-54-58-62-68(73)67(66-72)71-69(74)63-59-55-51-47-44-40-37-34-32-30-28-26-24-22-20-18-17-19-21-23-25-27-29-31-33-35-38-41-45-49-53-57-61-65-76-70(75)64-60-56-52-48-42-14-12-10-8-6-4-2/h10,12,21,23,27,29,67-68,72-73H,3-9,11,13-20,22,24-26,28,30-66H2,1-2H3,(H,71,74)/b12-10-,23-21-,29-27-. The van der Waals surface area contributed by atoms with Crippen LogP contribution in [0.25, 0.3) is 0 Å². The Bertz CT molecular complexity index is 1230. The lowest BCUT2D eigenvalue weighted by Crippen LogP contribution is -2.45. The van der Waals surface area contributed by atoms with Crippen LogP contribution in [0.15, 0.2) is 36.5 Å². The van der Waals surface area contributed by atoms with Gasteiger partial charge in [-0.15, -0.1) is 0 Å². The Morgan fingerprint density at radius 3 is 1.05 bits per heavy atom. The van der Waals surface area contributed by atoms with Gasteiger partial charge in [0.2, 0.25) is 5.91 Å². The number of carbonyl (C=O) groups is 2. The molecule has 2 unspecified atom stereocenters. The van der Waals surface area contributed by atoms with Crippen LogP contribution in [-0.4, -0.2) is 47.4 Å². The fraction of sp³-hybridized carbons (Fsp3) is 0.886. The summed E-state index contributed by atoms with van der Waals surface area (Å²) in [7, 11) is 0. The van der Waals surface area contributed by atoms with E-state index in [9.17, 15) is 19.8 Å². The number of amides is 1. The van der Waals surface area contributed by atoms with Crippen molar-refractivity contribution in [2.75, 3.05) is 13.2 Å². The molecule has 0 bridgehead atoms. The van der Waals surface area contributed by atoms with Gasteiger partial charge in [-0.2, -0.15) is 0 Å². The molecule has 3 N–H and O–H groups in total. The van der Waals surface area contributed by atoms with E-state index in [4.69, 9.17) is 4.74 Å². The van der Waals surface area contributed by atoms with Crippen LogP contribution in [0.1, 0.15) is 373 Å². The van der Waals surface area contributed by atoms with Crippen molar-refractivity contribution >= 4 is 11.9 Å². The van der Waals surface area contributed by atoms with Crippen LogP contribution in [0.4, 0.5) is 0 Å². The molecule has 0 heterocycles. The van der Waals surface area contributed by atoms with Crippen LogP contribution < -0.4 is 5.32 Å². The van der Waals surface area contributed by atoms with Crippen molar-refractivity contribution in [2.45, 2.75) is 386 Å². The number of esters is 1. The van der Waals surface area contributed by atoms with Crippen molar-refractivity contribution in [3.8, 4) is 0 Å². The molecule has 6 nitrogen and oxygen atoms in total. The Balaban J connectivity index is 3.38. The van der Waals surface area contributed by atoms with Crippen LogP contribution in [0.3, 0.4) is 0 Å². The molecule has 0 rings (SSSR count). The number of allylic oxidation sites excluding steroid dienone is 6. The number of hydrogen-bond donors (Lipinski definition) is 3. The maximum Gasteiger partial charge on any atom is 0.305 e. The summed E-state index contributed by atoms with van der Waals surface area (Å²) >= 11 is 0. The minimum atomic E-state index is -0.663. The lowest BCUT2D eigenvalue weighted by atomic mass is 10.0. The number of aliphatic hydroxyl groups is 2. The van der Waals surface area contributed by atoms with Crippen molar-refractivity contribution < 1.29 is 24.5 Å². The summed E-state index contributed by atoms with van der Waals surface area (Å²) in [5.41, 5.74) is 0. The number of nitrogens with one attached hydrogen (secondary N) is 1. The van der Waals surface area contributed by atoms with Gasteiger partial charge >= 0.3 is 5.97 Å². The minimum absolute atomic E-state index is 0.00316. The number of aliphatic hydroxyl groups excluding tert-OH is 2. The second-order valence-corrected chi connectivity index (χ2v) is 23.5. The Kier molecular flexibility index (Phi) is 63.9. The van der Waals surface area contributed by atoms with Gasteiger partial charge in [-0.1, -0.05) is 320 Å². The third-order valence-corrected chi connectivity index (χ3v) is 15.9. The molecule has 0 fully saturated rings. The molecule has 0 aliphatic heterocycles. The molecule has 0 radical (unpaired) electrons. The Morgan fingerprint density at radius 1 is 0.368 bits per heavy atom. The molecule has 448 valence electrons. The quantitative estimate of drug-likeness (QED) is 0.0320. The highest BCUT2D eigenvalue weighted by Gasteiger charge is 2.20. The number of unbranched alkanes of at least 4 members (excludes halogenated alkanes) is 47. The summed E-state index contributed by atoms with van der Waals surface area (Å²) in [6, 6.07) is -0.540. The highest BCUT2D eigenvalue weighted by molar-refractivity contribution is 5.76. The Labute approximate surface area is 474 Å². The van der Waals surface area contributed by atoms with Gasteiger partial charge in [0, 0.05) is 12.8 Å². The average Bonchev–Trinajstić information content (AvgIpc) is 3.42. The van der Waals surface area contributed by atoms with Crippen LogP contribution in [0.5, 0.6) is 0 Å². The molecular formula is C70H133NO5. The van der Waals surface area contributed by atoms with Gasteiger partial charge in [-0.3, -0.25) is 9.59 Å². The van der Waals surface area contributed by atoms with Crippen molar-refractivity contribution in [2.24, 2.45) is 0 Å². The van der Waals surface area contributed by atoms with Crippen LogP contribution >= 0.6 is 0 Å². The monoisotopic (exact) mass is 1070 g/mol. The summed E-state index contributed by atoms with van der Waals surface area (Å²) in [6.45, 7) is 4.93. The maximum atomic E-state index is 12.5. The van der Waals surface area contributed by atoms with Gasteiger partial charge in [0.15, 0.2) is 0 Å². The first-order chi connectivity index (χ1) is 37.5. The molecule has 0 saturated heterocycles. The van der Waals surface area contributed by atoms with E-state index in [-0.39, 0.29) is 18.5 Å². The van der Waals surface area contributed by atoms with Gasteiger partial charge in [0.25, 0.3) is 0 Å². The topological polar surface area (TPSA) is 95.9 Å². The highest BCUT2D eigenvalue weighted by Crippen LogP contribution is 2.18. The van der Waals surface area contributed by atoms with Crippen molar-refractivity contribution in [1.29, 1.82) is 0 Å². The molecule has 0 saturated carbocycles. The SMILES string of the molecule is CCCC/C=C\CCCCCCCC(=O)OCCCCCCCCCCC/C=C\C/C=C\CCCCCCCCCCCCCCCCCCCC(=O)NC(CO)C(O)CCCCCCCCCCCCCCCCC. The summed E-state index contributed by atoms with van der Waals surface area (Å²) in [5.74, 6) is -0.0275. The normalized spacial score (nSPS) is 12.7. The Morgan fingerprint density at radius 2 is 0.671 bits per heavy atom. The molecule has 0 spiro atoms. The van der Waals surface area contributed by atoms with E-state index in [1.165, 1.54) is 289 Å². The molecule has 76 heavy (non-hydrogen) atoms. The van der Waals surface area contributed by atoms with Gasteiger partial charge in [0.05, 0.1) is 25.4 Å². The van der Waals surface area contributed by atoms with E-state index < -0.39 is 12.1 Å². The summed E-state index contributed by atoms with van der Waals surface area (Å²) in [4.78, 5) is 24.5. The highest BCUT2D eigenvalue weighted by atomic mass is 16.5. The second-order valence-electron chi connectivity index (χ2n) is 23.5. The van der Waals surface area contributed by atoms with E-state index in [0.29, 0.717) is 25.9 Å². The third kappa shape index (κ3) is 61.3. The molecule has 0 aromatic carbocycles. The minimum Gasteiger partial charge on any atom is -0.466 e. The number of hydrogen-bond acceptors (Lipinski definition) is 5. The molecule has 6 heteroatoms. The van der Waals surface area contributed by atoms with Gasteiger partial charge in [-0.05, 0) is 77.0 Å². The molecule has 0 aliphatic rings. The molecule has 2 atom stereocenters. The zero-order valence-corrected chi connectivity index (χ0v) is 51.3. The van der Waals surface area contributed by atoms with Crippen LogP contribution in [0.2, 0.25) is 0 Å². The largest absolute Gasteiger partial charge is 0.466 e. The van der Waals surface area contributed by atoms with E-state index >= 15 is 0 Å². The first-order valence-electron chi connectivity index (χ1n) is 34.2. The zero-order chi connectivity index (χ0) is 55.0. The smallest absolute Gasteiger partial charge is 0.305 e.